The van der Waals surface area contributed by atoms with Gasteiger partial charge in [-0.05, 0) is 25.1 Å². The maximum Gasteiger partial charge on any atom is 0.133 e. The van der Waals surface area contributed by atoms with Gasteiger partial charge in [0.05, 0.1) is 20.8 Å². The summed E-state index contributed by atoms with van der Waals surface area (Å²) in [7, 11) is 5.20. The van der Waals surface area contributed by atoms with Gasteiger partial charge in [0.2, 0.25) is 0 Å². The molecule has 0 amide bonds. The zero-order valence-electron chi connectivity index (χ0n) is 10.6. The summed E-state index contributed by atoms with van der Waals surface area (Å²) in [5.74, 6) is 1.61. The number of aldehydes is 1. The molecule has 0 aliphatic rings. The van der Waals surface area contributed by atoms with Crippen molar-refractivity contribution in [2.45, 2.75) is 6.42 Å². The molecule has 0 bridgehead atoms. The molecule has 0 spiro atoms. The van der Waals surface area contributed by atoms with Crippen LogP contribution in [-0.2, 0) is 11.2 Å². The van der Waals surface area contributed by atoms with Crippen LogP contribution in [0.4, 0.5) is 0 Å². The fourth-order valence-electron chi connectivity index (χ4n) is 1.59. The number of rotatable bonds is 7. The Morgan fingerprint density at radius 2 is 2.06 bits per heavy atom. The molecule has 0 saturated heterocycles. The van der Waals surface area contributed by atoms with Crippen molar-refractivity contribution in [3.05, 3.63) is 23.8 Å². The van der Waals surface area contributed by atoms with E-state index in [1.807, 2.05) is 30.1 Å². The van der Waals surface area contributed by atoms with Gasteiger partial charge in [0.25, 0.3) is 0 Å². The lowest BCUT2D eigenvalue weighted by molar-refractivity contribution is -0.108. The van der Waals surface area contributed by atoms with E-state index in [2.05, 4.69) is 0 Å². The van der Waals surface area contributed by atoms with Crippen molar-refractivity contribution in [1.29, 1.82) is 0 Å². The minimum absolute atomic E-state index is 0.457. The van der Waals surface area contributed by atoms with E-state index in [4.69, 9.17) is 9.47 Å². The molecule has 0 aliphatic carbocycles. The average Bonchev–Trinajstić information content (AvgIpc) is 2.36. The first kappa shape index (κ1) is 13.5. The molecule has 0 radical (unpaired) electrons. The van der Waals surface area contributed by atoms with Gasteiger partial charge in [-0.25, -0.2) is 0 Å². The van der Waals surface area contributed by atoms with Crippen molar-refractivity contribution in [1.82, 2.24) is 4.90 Å². The van der Waals surface area contributed by atoms with E-state index in [1.165, 1.54) is 0 Å². The van der Waals surface area contributed by atoms with E-state index >= 15 is 0 Å². The van der Waals surface area contributed by atoms with Crippen molar-refractivity contribution in [2.75, 3.05) is 34.4 Å². The van der Waals surface area contributed by atoms with Gasteiger partial charge in [0.1, 0.15) is 17.8 Å². The van der Waals surface area contributed by atoms with Gasteiger partial charge < -0.3 is 14.3 Å². The Kier molecular flexibility index (Phi) is 5.49. The third-order valence-electron chi connectivity index (χ3n) is 2.64. The van der Waals surface area contributed by atoms with Gasteiger partial charge in [-0.15, -0.1) is 0 Å². The number of nitrogens with zero attached hydrogens (tertiary/aromatic N) is 1. The summed E-state index contributed by atoms with van der Waals surface area (Å²) in [5.41, 5.74) is 1.12. The van der Waals surface area contributed by atoms with Crippen LogP contribution in [0, 0.1) is 0 Å². The van der Waals surface area contributed by atoms with Crippen LogP contribution < -0.4 is 9.47 Å². The molecule has 4 heteroatoms. The second-order valence-corrected chi connectivity index (χ2v) is 3.86. The SMILES string of the molecule is COc1ccc(CCN(C)CC=O)c(OC)c1. The topological polar surface area (TPSA) is 38.8 Å². The minimum atomic E-state index is 0.457. The van der Waals surface area contributed by atoms with Gasteiger partial charge in [0.15, 0.2) is 0 Å². The highest BCUT2D eigenvalue weighted by atomic mass is 16.5. The molecule has 17 heavy (non-hydrogen) atoms. The molecule has 0 saturated carbocycles. The number of benzene rings is 1. The highest BCUT2D eigenvalue weighted by Crippen LogP contribution is 2.24. The summed E-state index contributed by atoms with van der Waals surface area (Å²) in [4.78, 5) is 12.3. The predicted octanol–water partition coefficient (Wildman–Crippen LogP) is 1.38. The molecule has 1 rings (SSSR count). The van der Waals surface area contributed by atoms with Crippen LogP contribution in [-0.4, -0.2) is 45.5 Å². The first-order valence-electron chi connectivity index (χ1n) is 5.54. The zero-order chi connectivity index (χ0) is 12.7. The van der Waals surface area contributed by atoms with E-state index in [1.54, 1.807) is 14.2 Å². The van der Waals surface area contributed by atoms with Crippen molar-refractivity contribution < 1.29 is 14.3 Å². The van der Waals surface area contributed by atoms with Gasteiger partial charge in [-0.2, -0.15) is 0 Å². The van der Waals surface area contributed by atoms with Crippen LogP contribution in [0.15, 0.2) is 18.2 Å². The van der Waals surface area contributed by atoms with Crippen LogP contribution in [0.2, 0.25) is 0 Å². The number of ether oxygens (including phenoxy) is 2. The lowest BCUT2D eigenvalue weighted by atomic mass is 10.1. The number of carbonyl (C=O) groups excluding carboxylic acids is 1. The van der Waals surface area contributed by atoms with E-state index in [0.717, 1.165) is 36.3 Å². The highest BCUT2D eigenvalue weighted by Gasteiger charge is 2.06. The number of hydrogen-bond donors (Lipinski definition) is 0. The summed E-state index contributed by atoms with van der Waals surface area (Å²) in [6, 6.07) is 5.78. The first-order chi connectivity index (χ1) is 8.21. The Morgan fingerprint density at radius 3 is 2.65 bits per heavy atom. The summed E-state index contributed by atoms with van der Waals surface area (Å²) in [6.45, 7) is 1.28. The zero-order valence-corrected chi connectivity index (χ0v) is 10.6. The quantitative estimate of drug-likeness (QED) is 0.672. The Balaban J connectivity index is 2.66. The molecule has 1 aromatic rings. The van der Waals surface area contributed by atoms with E-state index in [-0.39, 0.29) is 0 Å². The maximum atomic E-state index is 10.4. The fourth-order valence-corrected chi connectivity index (χ4v) is 1.59. The third-order valence-corrected chi connectivity index (χ3v) is 2.64. The van der Waals surface area contributed by atoms with Crippen LogP contribution in [0.1, 0.15) is 5.56 Å². The largest absolute Gasteiger partial charge is 0.497 e. The molecule has 94 valence electrons. The maximum absolute atomic E-state index is 10.4. The Bertz CT molecular complexity index is 366. The number of methoxy groups -OCH3 is 2. The van der Waals surface area contributed by atoms with Crippen LogP contribution in [0.3, 0.4) is 0 Å². The smallest absolute Gasteiger partial charge is 0.133 e. The molecule has 0 atom stereocenters. The number of likely N-dealkylation sites (N-methyl/N-ethyl adjacent to an activating group) is 1. The summed E-state index contributed by atoms with van der Waals surface area (Å²) < 4.78 is 10.5. The predicted molar refractivity (Wildman–Crippen MR) is 66.8 cm³/mol. The molecule has 0 heterocycles. The first-order valence-corrected chi connectivity index (χ1v) is 5.54. The lowest BCUT2D eigenvalue weighted by Crippen LogP contribution is -2.23. The third kappa shape index (κ3) is 4.07. The molecular formula is C13H19NO3. The number of carbonyl (C=O) groups is 1. The Hall–Kier alpha value is -1.55. The van der Waals surface area contributed by atoms with Crippen molar-refractivity contribution in [2.24, 2.45) is 0 Å². The van der Waals surface area contributed by atoms with Crippen LogP contribution in [0.5, 0.6) is 11.5 Å². The number of hydrogen-bond acceptors (Lipinski definition) is 4. The van der Waals surface area contributed by atoms with E-state index in [0.29, 0.717) is 6.54 Å². The van der Waals surface area contributed by atoms with Gasteiger partial charge in [-0.1, -0.05) is 6.07 Å². The lowest BCUT2D eigenvalue weighted by Gasteiger charge is -2.15. The van der Waals surface area contributed by atoms with Crippen molar-refractivity contribution in [3.8, 4) is 11.5 Å². The molecule has 0 aromatic heterocycles. The van der Waals surface area contributed by atoms with E-state index in [9.17, 15) is 4.79 Å². The molecule has 0 N–H and O–H groups in total. The second kappa shape index (κ2) is 6.91. The summed E-state index contributed by atoms with van der Waals surface area (Å²) in [6.07, 6.45) is 1.75. The summed E-state index contributed by atoms with van der Waals surface area (Å²) in [5, 5.41) is 0. The van der Waals surface area contributed by atoms with Crippen molar-refractivity contribution in [3.63, 3.8) is 0 Å². The minimum Gasteiger partial charge on any atom is -0.497 e. The molecule has 0 unspecified atom stereocenters. The molecule has 1 aromatic carbocycles. The van der Waals surface area contributed by atoms with Gasteiger partial charge in [0, 0.05) is 12.6 Å². The standard InChI is InChI=1S/C13H19NO3/c1-14(8-9-15)7-6-11-4-5-12(16-2)10-13(11)17-3/h4-5,9-10H,6-8H2,1-3H3. The molecule has 4 nitrogen and oxygen atoms in total. The normalized spacial score (nSPS) is 10.4. The average molecular weight is 237 g/mol. The Labute approximate surface area is 102 Å². The fraction of sp³-hybridized carbons (Fsp3) is 0.462. The van der Waals surface area contributed by atoms with Crippen LogP contribution in [0.25, 0.3) is 0 Å². The highest BCUT2D eigenvalue weighted by molar-refractivity contribution is 5.51. The Morgan fingerprint density at radius 1 is 1.29 bits per heavy atom. The summed E-state index contributed by atoms with van der Waals surface area (Å²) >= 11 is 0. The molecular weight excluding hydrogens is 218 g/mol. The van der Waals surface area contributed by atoms with Gasteiger partial charge in [-0.3, -0.25) is 4.90 Å². The van der Waals surface area contributed by atoms with E-state index < -0.39 is 0 Å². The monoisotopic (exact) mass is 237 g/mol. The molecule has 0 fully saturated rings. The van der Waals surface area contributed by atoms with Crippen LogP contribution >= 0.6 is 0 Å². The van der Waals surface area contributed by atoms with Gasteiger partial charge >= 0.3 is 0 Å². The molecule has 0 aliphatic heterocycles. The second-order valence-electron chi connectivity index (χ2n) is 3.86. The van der Waals surface area contributed by atoms with Crippen molar-refractivity contribution >= 4 is 6.29 Å².